The first-order valence-corrected chi connectivity index (χ1v) is 9.87. The zero-order valence-corrected chi connectivity index (χ0v) is 17.1. The fourth-order valence-electron chi connectivity index (χ4n) is 3.48. The number of aromatic nitrogens is 1. The van der Waals surface area contributed by atoms with Crippen molar-refractivity contribution in [1.29, 1.82) is 0 Å². The molecule has 1 amide bonds. The van der Waals surface area contributed by atoms with Crippen LogP contribution in [-0.2, 0) is 4.79 Å². The molecule has 1 aromatic carbocycles. The second-order valence-corrected chi connectivity index (χ2v) is 7.41. The third kappa shape index (κ3) is 5.85. The number of rotatable bonds is 6. The molecule has 2 atom stereocenters. The summed E-state index contributed by atoms with van der Waals surface area (Å²) in [6.45, 7) is 6.22. The number of allylic oxidation sites excluding steroid dienone is 1. The van der Waals surface area contributed by atoms with Crippen molar-refractivity contribution in [2.75, 3.05) is 18.0 Å². The number of anilines is 1. The molecule has 0 spiro atoms. The van der Waals surface area contributed by atoms with Crippen LogP contribution < -0.4 is 15.7 Å². The fraction of sp³-hybridized carbons (Fsp3) is 0.261. The van der Waals surface area contributed by atoms with Crippen molar-refractivity contribution in [2.24, 2.45) is 0 Å². The van der Waals surface area contributed by atoms with Crippen LogP contribution in [0.5, 0.6) is 0 Å². The van der Waals surface area contributed by atoms with Gasteiger partial charge in [-0.25, -0.2) is 10.5 Å². The van der Waals surface area contributed by atoms with Gasteiger partial charge in [-0.05, 0) is 68.5 Å². The van der Waals surface area contributed by atoms with Crippen molar-refractivity contribution in [1.82, 2.24) is 15.8 Å². The Bertz CT molecular complexity index is 943. The lowest BCUT2D eigenvalue weighted by molar-refractivity contribution is -0.124. The van der Waals surface area contributed by atoms with E-state index in [0.29, 0.717) is 29.0 Å². The maximum absolute atomic E-state index is 12.5. The molecule has 0 aliphatic carbocycles. The molecule has 1 saturated heterocycles. The molecule has 156 valence electrons. The molecule has 1 aliphatic rings. The molecule has 2 heterocycles. The molecule has 3 N–H and O–H groups in total. The number of pyridine rings is 1. The van der Waals surface area contributed by atoms with Crippen molar-refractivity contribution in [2.45, 2.75) is 25.9 Å². The highest BCUT2D eigenvalue weighted by Crippen LogP contribution is 2.19. The van der Waals surface area contributed by atoms with Crippen LogP contribution in [0.2, 0.25) is 0 Å². The summed E-state index contributed by atoms with van der Waals surface area (Å²) in [6, 6.07) is 13.8. The lowest BCUT2D eigenvalue weighted by Crippen LogP contribution is -2.54. The van der Waals surface area contributed by atoms with E-state index < -0.39 is 5.91 Å². The number of nitrogens with zero attached hydrogens (tertiary/aromatic N) is 2. The smallest absolute Gasteiger partial charge is 0.267 e. The summed E-state index contributed by atoms with van der Waals surface area (Å²) in [7, 11) is 0. The monoisotopic (exact) mass is 406 g/mol. The highest BCUT2D eigenvalue weighted by Gasteiger charge is 2.21. The van der Waals surface area contributed by atoms with Gasteiger partial charge in [0.05, 0.1) is 11.4 Å². The predicted molar refractivity (Wildman–Crippen MR) is 117 cm³/mol. The van der Waals surface area contributed by atoms with Crippen LogP contribution in [0.3, 0.4) is 0 Å². The summed E-state index contributed by atoms with van der Waals surface area (Å²) in [5, 5.41) is 12.0. The van der Waals surface area contributed by atoms with E-state index in [2.05, 4.69) is 29.0 Å². The number of hydrogen-bond donors (Lipinski definition) is 3. The Morgan fingerprint density at radius 2 is 1.63 bits per heavy atom. The third-order valence-corrected chi connectivity index (χ3v) is 4.79. The van der Waals surface area contributed by atoms with Crippen LogP contribution in [0.1, 0.15) is 35.6 Å². The maximum atomic E-state index is 12.5. The van der Waals surface area contributed by atoms with Gasteiger partial charge in [0.1, 0.15) is 0 Å². The van der Waals surface area contributed by atoms with E-state index in [4.69, 9.17) is 5.21 Å². The Hall–Kier alpha value is -3.29. The molecule has 0 radical (unpaired) electrons. The van der Waals surface area contributed by atoms with Gasteiger partial charge in [-0.15, -0.1) is 0 Å². The molecule has 2 aromatic rings. The summed E-state index contributed by atoms with van der Waals surface area (Å²) >= 11 is 0. The second kappa shape index (κ2) is 9.96. The molecule has 0 saturated carbocycles. The molecule has 7 heteroatoms. The van der Waals surface area contributed by atoms with E-state index in [9.17, 15) is 9.59 Å². The maximum Gasteiger partial charge on any atom is 0.267 e. The van der Waals surface area contributed by atoms with Crippen LogP contribution >= 0.6 is 0 Å². The zero-order valence-electron chi connectivity index (χ0n) is 17.1. The molecule has 30 heavy (non-hydrogen) atoms. The first kappa shape index (κ1) is 21.4. The van der Waals surface area contributed by atoms with Gasteiger partial charge in [0.2, 0.25) is 0 Å². The number of carbonyl (C=O) groups is 2. The van der Waals surface area contributed by atoms with Gasteiger partial charge in [0.15, 0.2) is 5.78 Å². The summed E-state index contributed by atoms with van der Waals surface area (Å²) in [4.78, 5) is 30.2. The minimum atomic E-state index is -0.638. The Balaban J connectivity index is 1.65. The van der Waals surface area contributed by atoms with Gasteiger partial charge < -0.3 is 10.2 Å². The Labute approximate surface area is 176 Å². The number of hydroxylamine groups is 1. The number of carbonyl (C=O) groups excluding carboxylic acids is 2. The predicted octanol–water partition coefficient (Wildman–Crippen LogP) is 2.68. The number of benzene rings is 1. The molecule has 1 aromatic heterocycles. The van der Waals surface area contributed by atoms with Crippen molar-refractivity contribution in [3.63, 3.8) is 0 Å². The average molecular weight is 406 g/mol. The Morgan fingerprint density at radius 3 is 2.23 bits per heavy atom. The van der Waals surface area contributed by atoms with Crippen LogP contribution in [0.15, 0.2) is 54.6 Å². The van der Waals surface area contributed by atoms with Crippen LogP contribution in [0.25, 0.3) is 12.2 Å². The SMILES string of the molecule is C[C@@H]1CN(c2ccc(C(=O)C=Cc3cccc(C=CC(=O)NO)n3)cc2)C[C@H](C)N1. The summed E-state index contributed by atoms with van der Waals surface area (Å²) in [5.41, 5.74) is 4.38. The molecule has 7 nitrogen and oxygen atoms in total. The molecule has 3 rings (SSSR count). The summed E-state index contributed by atoms with van der Waals surface area (Å²) in [6.07, 6.45) is 5.77. The largest absolute Gasteiger partial charge is 0.368 e. The lowest BCUT2D eigenvalue weighted by Gasteiger charge is -2.37. The molecule has 1 fully saturated rings. The lowest BCUT2D eigenvalue weighted by atomic mass is 10.1. The highest BCUT2D eigenvalue weighted by atomic mass is 16.5. The number of ketones is 1. The number of hydrogen-bond acceptors (Lipinski definition) is 6. The van der Waals surface area contributed by atoms with Gasteiger partial charge >= 0.3 is 0 Å². The van der Waals surface area contributed by atoms with E-state index in [0.717, 1.165) is 18.8 Å². The Kier molecular flexibility index (Phi) is 7.11. The fourth-order valence-corrected chi connectivity index (χ4v) is 3.48. The van der Waals surface area contributed by atoms with Crippen molar-refractivity contribution >= 4 is 29.5 Å². The van der Waals surface area contributed by atoms with Crippen LogP contribution in [-0.4, -0.2) is 47.1 Å². The van der Waals surface area contributed by atoms with E-state index in [1.54, 1.807) is 24.3 Å². The molecular weight excluding hydrogens is 380 g/mol. The van der Waals surface area contributed by atoms with Gasteiger partial charge in [0.25, 0.3) is 5.91 Å². The van der Waals surface area contributed by atoms with Gasteiger partial charge in [0, 0.05) is 42.5 Å². The quantitative estimate of drug-likeness (QED) is 0.296. The minimum Gasteiger partial charge on any atom is -0.368 e. The van der Waals surface area contributed by atoms with E-state index in [1.165, 1.54) is 23.7 Å². The molecule has 0 bridgehead atoms. The topological polar surface area (TPSA) is 94.6 Å². The molecule has 0 unspecified atom stereocenters. The number of nitrogens with one attached hydrogen (secondary N) is 2. The van der Waals surface area contributed by atoms with Crippen molar-refractivity contribution in [3.8, 4) is 0 Å². The summed E-state index contributed by atoms with van der Waals surface area (Å²) in [5.74, 6) is -0.743. The van der Waals surface area contributed by atoms with Crippen molar-refractivity contribution in [3.05, 3.63) is 71.6 Å². The first-order chi connectivity index (χ1) is 14.4. The normalized spacial score (nSPS) is 19.4. The van der Waals surface area contributed by atoms with Gasteiger partial charge in [-0.1, -0.05) is 6.07 Å². The summed E-state index contributed by atoms with van der Waals surface area (Å²) < 4.78 is 0. The van der Waals surface area contributed by atoms with Crippen molar-refractivity contribution < 1.29 is 14.8 Å². The average Bonchev–Trinajstić information content (AvgIpc) is 2.75. The highest BCUT2D eigenvalue weighted by molar-refractivity contribution is 6.06. The minimum absolute atomic E-state index is 0.106. The van der Waals surface area contributed by atoms with E-state index in [-0.39, 0.29) is 5.78 Å². The molecular formula is C23H26N4O3. The first-order valence-electron chi connectivity index (χ1n) is 9.87. The molecule has 1 aliphatic heterocycles. The van der Waals surface area contributed by atoms with Crippen LogP contribution in [0.4, 0.5) is 5.69 Å². The Morgan fingerprint density at radius 1 is 1.03 bits per heavy atom. The number of amides is 1. The van der Waals surface area contributed by atoms with E-state index >= 15 is 0 Å². The standard InChI is InChI=1S/C23H26N4O3/c1-16-14-27(15-17(2)24-16)21-10-6-18(7-11-21)22(28)12-8-19-4-3-5-20(25-19)9-13-23(29)26-30/h3-13,16-17,24,30H,14-15H2,1-2H3,(H,26,29)/t16-,17+. The van der Waals surface area contributed by atoms with Gasteiger partial charge in [-0.2, -0.15) is 0 Å². The third-order valence-electron chi connectivity index (χ3n) is 4.79. The van der Waals surface area contributed by atoms with Gasteiger partial charge in [-0.3, -0.25) is 14.8 Å². The van der Waals surface area contributed by atoms with Crippen LogP contribution in [0, 0.1) is 0 Å². The van der Waals surface area contributed by atoms with E-state index in [1.807, 2.05) is 24.3 Å². The number of piperazine rings is 1. The second-order valence-electron chi connectivity index (χ2n) is 7.41. The zero-order chi connectivity index (χ0) is 21.5.